The molecule has 0 saturated heterocycles. The van der Waals surface area contributed by atoms with Crippen molar-refractivity contribution in [3.8, 4) is 34.3 Å². The molecule has 0 aliphatic heterocycles. The number of anilines is 1. The van der Waals surface area contributed by atoms with E-state index in [1.807, 2.05) is 6.07 Å². The maximum atomic E-state index is 12.0. The van der Waals surface area contributed by atoms with Gasteiger partial charge in [0.1, 0.15) is 0 Å². The Bertz CT molecular complexity index is 1070. The summed E-state index contributed by atoms with van der Waals surface area (Å²) in [5.41, 5.74) is 1.44. The fourth-order valence-corrected chi connectivity index (χ4v) is 3.25. The number of phenols is 1. The molecular weight excluding hydrogens is 424 g/mol. The maximum Gasteiger partial charge on any atom is 0.344 e. The van der Waals surface area contributed by atoms with Crippen LogP contribution in [0.2, 0.25) is 0 Å². The van der Waals surface area contributed by atoms with Gasteiger partial charge in [-0.1, -0.05) is 12.1 Å². The van der Waals surface area contributed by atoms with Crippen molar-refractivity contribution >= 4 is 28.3 Å². The number of methoxy groups -OCH3 is 2. The summed E-state index contributed by atoms with van der Waals surface area (Å²) in [7, 11) is 3.10. The van der Waals surface area contributed by atoms with Crippen LogP contribution in [-0.2, 0) is 14.3 Å². The van der Waals surface area contributed by atoms with Crippen molar-refractivity contribution in [2.45, 2.75) is 0 Å². The number of thiazole rings is 1. The molecule has 162 valence electrons. The van der Waals surface area contributed by atoms with Crippen LogP contribution in [0.4, 0.5) is 5.13 Å². The highest BCUT2D eigenvalue weighted by Gasteiger charge is 2.13. The summed E-state index contributed by atoms with van der Waals surface area (Å²) in [6.45, 7) is -0.931. The van der Waals surface area contributed by atoms with Crippen molar-refractivity contribution in [2.75, 3.05) is 32.8 Å². The number of carbonyl (C=O) groups is 2. The number of ether oxygens (including phenoxy) is 4. The van der Waals surface area contributed by atoms with Crippen LogP contribution in [-0.4, -0.2) is 49.4 Å². The molecule has 0 aliphatic carbocycles. The Kier molecular flexibility index (Phi) is 7.28. The van der Waals surface area contributed by atoms with Crippen LogP contribution in [0.1, 0.15) is 0 Å². The fraction of sp³-hybridized carbons (Fsp3) is 0.190. The summed E-state index contributed by atoms with van der Waals surface area (Å²) >= 11 is 1.23. The zero-order valence-corrected chi connectivity index (χ0v) is 17.6. The summed E-state index contributed by atoms with van der Waals surface area (Å²) in [5.74, 6) is -0.0658. The number of phenolic OH excluding ortho intramolecular Hbond substituents is 1. The highest BCUT2D eigenvalue weighted by atomic mass is 32.1. The maximum absolute atomic E-state index is 12.0. The molecule has 0 unspecified atom stereocenters. The normalized spacial score (nSPS) is 10.3. The number of hydrogen-bond acceptors (Lipinski definition) is 9. The first-order valence-corrected chi connectivity index (χ1v) is 9.92. The smallest absolute Gasteiger partial charge is 0.344 e. The highest BCUT2D eigenvalue weighted by Crippen LogP contribution is 2.33. The number of aromatic nitrogens is 1. The van der Waals surface area contributed by atoms with E-state index in [0.717, 1.165) is 5.56 Å². The molecule has 9 nitrogen and oxygen atoms in total. The number of aromatic hydroxyl groups is 1. The molecule has 3 rings (SSSR count). The lowest BCUT2D eigenvalue weighted by Crippen LogP contribution is -2.23. The van der Waals surface area contributed by atoms with Crippen LogP contribution in [0, 0.1) is 0 Å². The third-order valence-corrected chi connectivity index (χ3v) is 4.76. The molecular formula is C21H20N2O7S. The van der Waals surface area contributed by atoms with Crippen LogP contribution in [0.3, 0.4) is 0 Å². The van der Waals surface area contributed by atoms with Crippen molar-refractivity contribution in [3.63, 3.8) is 0 Å². The van der Waals surface area contributed by atoms with Gasteiger partial charge in [0.25, 0.3) is 5.91 Å². The SMILES string of the molecule is COc1ccc(-c2csc(NC(=O)COC(=O)COc3ccccc3O)n2)cc1OC. The largest absolute Gasteiger partial charge is 0.504 e. The molecule has 0 bridgehead atoms. The standard InChI is InChI=1S/C21H20N2O7S/c1-27-17-8-7-13(9-18(17)28-2)14-12-31-21(22-14)23-19(25)10-30-20(26)11-29-16-6-4-3-5-15(16)24/h3-9,12,24H,10-11H2,1-2H3,(H,22,23,25). The Balaban J connectivity index is 1.50. The van der Waals surface area contributed by atoms with Crippen LogP contribution in [0.5, 0.6) is 23.0 Å². The lowest BCUT2D eigenvalue weighted by molar-refractivity contribution is -0.149. The zero-order valence-electron chi connectivity index (χ0n) is 16.8. The van der Waals surface area contributed by atoms with Gasteiger partial charge >= 0.3 is 5.97 Å². The summed E-state index contributed by atoms with van der Waals surface area (Å²) in [6.07, 6.45) is 0. The van der Waals surface area contributed by atoms with Crippen LogP contribution in [0.25, 0.3) is 11.3 Å². The highest BCUT2D eigenvalue weighted by molar-refractivity contribution is 7.14. The fourth-order valence-electron chi connectivity index (χ4n) is 2.52. The van der Waals surface area contributed by atoms with Gasteiger partial charge in [-0.3, -0.25) is 10.1 Å². The molecule has 0 atom stereocenters. The number of para-hydroxylation sites is 2. The average Bonchev–Trinajstić information content (AvgIpc) is 3.25. The molecule has 2 N–H and O–H groups in total. The molecule has 0 aliphatic rings. The molecule has 2 aromatic carbocycles. The third-order valence-electron chi connectivity index (χ3n) is 4.00. The molecule has 0 saturated carbocycles. The molecule has 10 heteroatoms. The van der Waals surface area contributed by atoms with Gasteiger partial charge in [-0.05, 0) is 30.3 Å². The lowest BCUT2D eigenvalue weighted by atomic mass is 10.1. The minimum Gasteiger partial charge on any atom is -0.504 e. The second-order valence-corrected chi connectivity index (χ2v) is 6.93. The molecule has 0 radical (unpaired) electrons. The van der Waals surface area contributed by atoms with E-state index in [-0.39, 0.29) is 11.5 Å². The molecule has 31 heavy (non-hydrogen) atoms. The first-order chi connectivity index (χ1) is 15.0. The van der Waals surface area contributed by atoms with Gasteiger partial charge in [0.05, 0.1) is 19.9 Å². The Morgan fingerprint density at radius 3 is 2.55 bits per heavy atom. The van der Waals surface area contributed by atoms with Crippen LogP contribution >= 0.6 is 11.3 Å². The predicted octanol–water partition coefficient (Wildman–Crippen LogP) is 3.09. The van der Waals surface area contributed by atoms with Crippen LogP contribution < -0.4 is 19.5 Å². The topological polar surface area (TPSA) is 116 Å². The number of hydrogen-bond donors (Lipinski definition) is 2. The minimum atomic E-state index is -0.747. The minimum absolute atomic E-state index is 0.0953. The van der Waals surface area contributed by atoms with Crippen molar-refractivity contribution in [1.29, 1.82) is 0 Å². The van der Waals surface area contributed by atoms with E-state index in [2.05, 4.69) is 10.3 Å². The van der Waals surface area contributed by atoms with E-state index in [1.165, 1.54) is 23.5 Å². The Labute approximate surface area is 182 Å². The number of esters is 1. The average molecular weight is 444 g/mol. The van der Waals surface area contributed by atoms with Gasteiger partial charge in [-0.2, -0.15) is 0 Å². The molecule has 3 aromatic rings. The van der Waals surface area contributed by atoms with E-state index >= 15 is 0 Å². The van der Waals surface area contributed by atoms with Gasteiger partial charge in [0.2, 0.25) is 0 Å². The summed E-state index contributed by atoms with van der Waals surface area (Å²) in [4.78, 5) is 28.1. The van der Waals surface area contributed by atoms with Gasteiger partial charge in [-0.25, -0.2) is 9.78 Å². The van der Waals surface area contributed by atoms with Gasteiger partial charge in [-0.15, -0.1) is 11.3 Å². The number of rotatable bonds is 9. The number of amides is 1. The molecule has 1 amide bonds. The lowest BCUT2D eigenvalue weighted by Gasteiger charge is -2.08. The second-order valence-electron chi connectivity index (χ2n) is 6.07. The Morgan fingerprint density at radius 2 is 1.81 bits per heavy atom. The quantitative estimate of drug-likeness (QED) is 0.484. The van der Waals surface area contributed by atoms with Crippen molar-refractivity contribution < 1.29 is 33.6 Å². The number of nitrogens with one attached hydrogen (secondary N) is 1. The van der Waals surface area contributed by atoms with Gasteiger partial charge < -0.3 is 24.1 Å². The predicted molar refractivity (Wildman–Crippen MR) is 114 cm³/mol. The summed E-state index contributed by atoms with van der Waals surface area (Å²) < 4.78 is 20.5. The van der Waals surface area contributed by atoms with Gasteiger partial charge in [0.15, 0.2) is 41.3 Å². The summed E-state index contributed by atoms with van der Waals surface area (Å²) in [5, 5.41) is 14.3. The molecule has 0 fully saturated rings. The van der Waals surface area contributed by atoms with Crippen molar-refractivity contribution in [2.24, 2.45) is 0 Å². The van der Waals surface area contributed by atoms with Crippen molar-refractivity contribution in [3.05, 3.63) is 47.8 Å². The van der Waals surface area contributed by atoms with E-state index in [1.54, 1.807) is 43.9 Å². The number of carbonyl (C=O) groups excluding carboxylic acids is 2. The zero-order chi connectivity index (χ0) is 22.2. The second kappa shape index (κ2) is 10.3. The number of nitrogens with zero attached hydrogens (tertiary/aromatic N) is 1. The van der Waals surface area contributed by atoms with Crippen LogP contribution in [0.15, 0.2) is 47.8 Å². The molecule has 1 heterocycles. The third kappa shape index (κ3) is 5.86. The monoisotopic (exact) mass is 444 g/mol. The molecule has 1 aromatic heterocycles. The van der Waals surface area contributed by atoms with E-state index in [4.69, 9.17) is 18.9 Å². The Morgan fingerprint density at radius 1 is 1.03 bits per heavy atom. The van der Waals surface area contributed by atoms with Crippen molar-refractivity contribution in [1.82, 2.24) is 4.98 Å². The van der Waals surface area contributed by atoms with E-state index in [9.17, 15) is 14.7 Å². The first kappa shape index (κ1) is 21.9. The molecule has 0 spiro atoms. The first-order valence-electron chi connectivity index (χ1n) is 9.04. The Hall–Kier alpha value is -3.79. The van der Waals surface area contributed by atoms with E-state index < -0.39 is 25.1 Å². The van der Waals surface area contributed by atoms with E-state index in [0.29, 0.717) is 22.3 Å². The summed E-state index contributed by atoms with van der Waals surface area (Å²) in [6, 6.07) is 11.6. The number of benzene rings is 2. The van der Waals surface area contributed by atoms with Gasteiger partial charge in [0, 0.05) is 10.9 Å².